The molecule has 0 aliphatic heterocycles. The maximum atomic E-state index is 10.7. The molecule has 1 unspecified atom stereocenters. The minimum Gasteiger partial charge on any atom is -0.481 e. The van der Waals surface area contributed by atoms with E-state index >= 15 is 0 Å². The van der Waals surface area contributed by atoms with Gasteiger partial charge in [-0.2, -0.15) is 0 Å². The van der Waals surface area contributed by atoms with Gasteiger partial charge in [-0.1, -0.05) is 19.3 Å². The van der Waals surface area contributed by atoms with E-state index in [1.807, 2.05) is 0 Å². The van der Waals surface area contributed by atoms with E-state index in [4.69, 9.17) is 5.11 Å². The molecule has 0 heterocycles. The molecular formula is C12H21NO2. The molecule has 2 aliphatic carbocycles. The lowest BCUT2D eigenvalue weighted by molar-refractivity contribution is -0.137. The van der Waals surface area contributed by atoms with Gasteiger partial charge in [0.25, 0.3) is 0 Å². The van der Waals surface area contributed by atoms with Gasteiger partial charge in [0, 0.05) is 12.1 Å². The van der Waals surface area contributed by atoms with Crippen LogP contribution in [0.1, 0.15) is 51.4 Å². The highest BCUT2D eigenvalue weighted by atomic mass is 16.4. The predicted octanol–water partition coefficient (Wildman–Crippen LogP) is 2.16. The Morgan fingerprint density at radius 2 is 1.87 bits per heavy atom. The molecule has 1 atom stereocenters. The quantitative estimate of drug-likeness (QED) is 0.732. The van der Waals surface area contributed by atoms with Crippen molar-refractivity contribution in [3.8, 4) is 0 Å². The molecule has 86 valence electrons. The second-order valence-electron chi connectivity index (χ2n) is 5.04. The number of hydrogen-bond acceptors (Lipinski definition) is 2. The van der Waals surface area contributed by atoms with E-state index in [-0.39, 0.29) is 6.04 Å². The van der Waals surface area contributed by atoms with Crippen LogP contribution < -0.4 is 5.32 Å². The van der Waals surface area contributed by atoms with Gasteiger partial charge in [0.2, 0.25) is 0 Å². The Morgan fingerprint density at radius 3 is 2.40 bits per heavy atom. The third-order valence-corrected chi connectivity index (χ3v) is 3.64. The van der Waals surface area contributed by atoms with E-state index in [0.29, 0.717) is 18.4 Å². The average Bonchev–Trinajstić information content (AvgIpc) is 3.01. The van der Waals surface area contributed by atoms with Crippen LogP contribution in [0.15, 0.2) is 0 Å². The van der Waals surface area contributed by atoms with E-state index in [2.05, 4.69) is 5.32 Å². The first kappa shape index (κ1) is 10.9. The normalized spacial score (nSPS) is 25.1. The third kappa shape index (κ3) is 3.49. The molecule has 0 aromatic heterocycles. The summed E-state index contributed by atoms with van der Waals surface area (Å²) < 4.78 is 0. The van der Waals surface area contributed by atoms with Crippen LogP contribution in [0.5, 0.6) is 0 Å². The first-order valence-electron chi connectivity index (χ1n) is 6.23. The number of aliphatic carboxylic acids is 1. The van der Waals surface area contributed by atoms with Crippen LogP contribution in [0, 0.1) is 5.92 Å². The van der Waals surface area contributed by atoms with Gasteiger partial charge in [-0.25, -0.2) is 0 Å². The molecule has 3 nitrogen and oxygen atoms in total. The van der Waals surface area contributed by atoms with Crippen LogP contribution in [0.3, 0.4) is 0 Å². The summed E-state index contributed by atoms with van der Waals surface area (Å²) in [5.74, 6) is -0.0155. The van der Waals surface area contributed by atoms with Crippen molar-refractivity contribution in [2.75, 3.05) is 0 Å². The van der Waals surface area contributed by atoms with Crippen LogP contribution in [0.4, 0.5) is 0 Å². The molecule has 0 spiro atoms. The number of carboxylic acids is 1. The number of carbonyl (C=O) groups is 1. The second kappa shape index (κ2) is 4.97. The van der Waals surface area contributed by atoms with Crippen molar-refractivity contribution in [1.82, 2.24) is 5.32 Å². The van der Waals surface area contributed by atoms with Gasteiger partial charge in [-0.3, -0.25) is 4.79 Å². The fraction of sp³-hybridized carbons (Fsp3) is 0.917. The van der Waals surface area contributed by atoms with Crippen LogP contribution in [0.2, 0.25) is 0 Å². The van der Waals surface area contributed by atoms with Crippen LogP contribution in [-0.4, -0.2) is 23.2 Å². The molecule has 0 radical (unpaired) electrons. The molecule has 0 aromatic rings. The van der Waals surface area contributed by atoms with Crippen molar-refractivity contribution in [2.24, 2.45) is 5.92 Å². The molecule has 2 aliphatic rings. The van der Waals surface area contributed by atoms with Crippen molar-refractivity contribution in [3.63, 3.8) is 0 Å². The van der Waals surface area contributed by atoms with E-state index in [9.17, 15) is 4.79 Å². The Balaban J connectivity index is 1.79. The van der Waals surface area contributed by atoms with Gasteiger partial charge in [-0.05, 0) is 31.6 Å². The summed E-state index contributed by atoms with van der Waals surface area (Å²) in [5.41, 5.74) is 0. The monoisotopic (exact) mass is 211 g/mol. The summed E-state index contributed by atoms with van der Waals surface area (Å²) in [6, 6.07) is 0.828. The lowest BCUT2D eigenvalue weighted by Crippen LogP contribution is -2.41. The van der Waals surface area contributed by atoms with Crippen molar-refractivity contribution < 1.29 is 9.90 Å². The fourth-order valence-electron chi connectivity index (χ4n) is 2.62. The van der Waals surface area contributed by atoms with Gasteiger partial charge in [0.1, 0.15) is 0 Å². The van der Waals surface area contributed by atoms with Gasteiger partial charge >= 0.3 is 5.97 Å². The Hall–Kier alpha value is -0.570. The molecule has 0 amide bonds. The molecule has 2 saturated carbocycles. The summed E-state index contributed by atoms with van der Waals surface area (Å²) in [6.45, 7) is 0. The Labute approximate surface area is 91.2 Å². The summed E-state index contributed by atoms with van der Waals surface area (Å²) in [4.78, 5) is 10.7. The summed E-state index contributed by atoms with van der Waals surface area (Å²) in [5, 5.41) is 12.4. The van der Waals surface area contributed by atoms with Gasteiger partial charge in [0.15, 0.2) is 0 Å². The molecule has 0 bridgehead atoms. The molecule has 0 saturated heterocycles. The van der Waals surface area contributed by atoms with Crippen molar-refractivity contribution in [2.45, 2.75) is 63.5 Å². The van der Waals surface area contributed by atoms with Crippen molar-refractivity contribution in [1.29, 1.82) is 0 Å². The highest BCUT2D eigenvalue weighted by molar-refractivity contribution is 5.67. The maximum Gasteiger partial charge on any atom is 0.304 e. The minimum absolute atomic E-state index is 0.241. The standard InChI is InChI=1S/C12H21NO2/c14-12(15)8-11(9-6-7-9)13-10-4-2-1-3-5-10/h9-11,13H,1-8H2,(H,14,15). The molecule has 2 N–H and O–H groups in total. The zero-order valence-corrected chi connectivity index (χ0v) is 9.24. The Kier molecular flexibility index (Phi) is 3.62. The lowest BCUT2D eigenvalue weighted by Gasteiger charge is -2.27. The molecule has 2 fully saturated rings. The van der Waals surface area contributed by atoms with Crippen LogP contribution >= 0.6 is 0 Å². The molecule has 0 aromatic carbocycles. The zero-order valence-electron chi connectivity index (χ0n) is 9.24. The third-order valence-electron chi connectivity index (χ3n) is 3.64. The molecule has 15 heavy (non-hydrogen) atoms. The zero-order chi connectivity index (χ0) is 10.7. The average molecular weight is 211 g/mol. The smallest absolute Gasteiger partial charge is 0.304 e. The lowest BCUT2D eigenvalue weighted by atomic mass is 9.94. The number of hydrogen-bond donors (Lipinski definition) is 2. The Morgan fingerprint density at radius 1 is 1.20 bits per heavy atom. The molecular weight excluding hydrogens is 190 g/mol. The minimum atomic E-state index is -0.657. The second-order valence-corrected chi connectivity index (χ2v) is 5.04. The van der Waals surface area contributed by atoms with Crippen LogP contribution in [0.25, 0.3) is 0 Å². The molecule has 3 heteroatoms. The molecule has 2 rings (SSSR count). The number of nitrogens with one attached hydrogen (secondary N) is 1. The van der Waals surface area contributed by atoms with Gasteiger partial charge in [-0.15, -0.1) is 0 Å². The van der Waals surface area contributed by atoms with Gasteiger partial charge in [0.05, 0.1) is 6.42 Å². The maximum absolute atomic E-state index is 10.7. The SMILES string of the molecule is O=C(O)CC(NC1CCCCC1)C1CC1. The van der Waals surface area contributed by atoms with E-state index in [1.54, 1.807) is 0 Å². The van der Waals surface area contributed by atoms with E-state index in [1.165, 1.54) is 44.9 Å². The Bertz CT molecular complexity index is 220. The predicted molar refractivity (Wildman–Crippen MR) is 58.8 cm³/mol. The summed E-state index contributed by atoms with van der Waals surface area (Å²) in [6.07, 6.45) is 9.19. The van der Waals surface area contributed by atoms with Gasteiger partial charge < -0.3 is 10.4 Å². The van der Waals surface area contributed by atoms with E-state index in [0.717, 1.165) is 0 Å². The number of rotatable bonds is 5. The van der Waals surface area contributed by atoms with Crippen LogP contribution in [-0.2, 0) is 4.79 Å². The number of carboxylic acid groups (broad SMARTS) is 1. The highest BCUT2D eigenvalue weighted by Gasteiger charge is 2.33. The first-order chi connectivity index (χ1) is 7.25. The summed E-state index contributed by atoms with van der Waals surface area (Å²) >= 11 is 0. The summed E-state index contributed by atoms with van der Waals surface area (Å²) in [7, 11) is 0. The largest absolute Gasteiger partial charge is 0.481 e. The first-order valence-corrected chi connectivity index (χ1v) is 6.23. The van der Waals surface area contributed by atoms with Crippen molar-refractivity contribution >= 4 is 5.97 Å². The van der Waals surface area contributed by atoms with Crippen molar-refractivity contribution in [3.05, 3.63) is 0 Å². The highest BCUT2D eigenvalue weighted by Crippen LogP contribution is 2.35. The fourth-order valence-corrected chi connectivity index (χ4v) is 2.62. The topological polar surface area (TPSA) is 49.3 Å². The van der Waals surface area contributed by atoms with E-state index < -0.39 is 5.97 Å².